The van der Waals surface area contributed by atoms with Gasteiger partial charge in [0.25, 0.3) is 0 Å². The maximum absolute atomic E-state index is 3.29. The van der Waals surface area contributed by atoms with Crippen LogP contribution >= 0.6 is 0 Å². The van der Waals surface area contributed by atoms with Crippen LogP contribution in [0.25, 0.3) is 0 Å². The van der Waals surface area contributed by atoms with E-state index in [2.05, 4.69) is 84.3 Å². The lowest BCUT2D eigenvalue weighted by molar-refractivity contribution is 0.915. The first-order valence-corrected chi connectivity index (χ1v) is 9.28. The average molecular weight is 326 g/mol. The van der Waals surface area contributed by atoms with Gasteiger partial charge in [-0.05, 0) is 88.4 Å². The Hall–Kier alpha value is -1.76. The van der Waals surface area contributed by atoms with Crippen LogP contribution in [-0.2, 0) is 12.8 Å². The fourth-order valence-corrected chi connectivity index (χ4v) is 3.26. The third kappa shape index (κ3) is 6.03. The third-order valence-corrected chi connectivity index (χ3v) is 4.33. The van der Waals surface area contributed by atoms with Gasteiger partial charge in [0.15, 0.2) is 0 Å². The van der Waals surface area contributed by atoms with Crippen LogP contribution < -0.4 is 5.32 Å². The van der Waals surface area contributed by atoms with E-state index < -0.39 is 0 Å². The Morgan fingerprint density at radius 1 is 1.08 bits per heavy atom. The molecule has 0 heterocycles. The Balaban J connectivity index is 3.34. The Morgan fingerprint density at radius 2 is 1.79 bits per heavy atom. The number of benzene rings is 1. The highest BCUT2D eigenvalue weighted by Gasteiger charge is 2.09. The van der Waals surface area contributed by atoms with Gasteiger partial charge in [0, 0.05) is 6.54 Å². The van der Waals surface area contributed by atoms with Gasteiger partial charge >= 0.3 is 0 Å². The maximum Gasteiger partial charge on any atom is 0.0113 e. The molecule has 0 radical (unpaired) electrons. The zero-order chi connectivity index (χ0) is 18.1. The number of hydrogen-bond acceptors (Lipinski definition) is 1. The first-order valence-electron chi connectivity index (χ1n) is 9.28. The van der Waals surface area contributed by atoms with Crippen molar-refractivity contribution in [3.8, 4) is 0 Å². The third-order valence-electron chi connectivity index (χ3n) is 4.33. The number of nitrogens with one attached hydrogen (secondary N) is 1. The second-order valence-electron chi connectivity index (χ2n) is 6.77. The minimum Gasteiger partial charge on any atom is -0.391 e. The van der Waals surface area contributed by atoms with Crippen LogP contribution in [0.2, 0.25) is 0 Å². The average Bonchev–Trinajstić information content (AvgIpc) is 2.51. The van der Waals surface area contributed by atoms with E-state index in [1.807, 2.05) is 0 Å². The summed E-state index contributed by atoms with van der Waals surface area (Å²) in [6.45, 7) is 16.4. The molecule has 0 spiro atoms. The topological polar surface area (TPSA) is 12.0 Å². The van der Waals surface area contributed by atoms with Crippen LogP contribution in [0, 0.1) is 13.8 Å². The fourth-order valence-electron chi connectivity index (χ4n) is 3.26. The fraction of sp³-hybridized carbons (Fsp3) is 0.478. The molecule has 0 amide bonds. The van der Waals surface area contributed by atoms with Crippen molar-refractivity contribution in [3.63, 3.8) is 0 Å². The molecule has 1 N–H and O–H groups in total. The minimum atomic E-state index is 0.955. The number of rotatable bonds is 8. The number of aryl methyl sites for hydroxylation is 2. The van der Waals surface area contributed by atoms with Crippen molar-refractivity contribution in [2.24, 2.45) is 0 Å². The van der Waals surface area contributed by atoms with Crippen LogP contribution in [0.4, 0.5) is 0 Å². The standard InChI is InChI=1S/C23H35N/c1-8-20(21(13-17(4)5)11-12-24-10-3)16-22-15-18(6)14-19(7)23(22)9-2/h11-15,24H,8-10,16H2,1-7H3/b12-11-,21-20+. The lowest BCUT2D eigenvalue weighted by atomic mass is 9.90. The van der Waals surface area contributed by atoms with E-state index in [1.165, 1.54) is 39.0 Å². The van der Waals surface area contributed by atoms with Crippen LogP contribution in [0.15, 0.2) is 47.2 Å². The molecule has 1 aromatic carbocycles. The molecule has 0 atom stereocenters. The predicted molar refractivity (Wildman–Crippen MR) is 109 cm³/mol. The van der Waals surface area contributed by atoms with Gasteiger partial charge in [0.1, 0.15) is 0 Å². The summed E-state index contributed by atoms with van der Waals surface area (Å²) >= 11 is 0. The summed E-state index contributed by atoms with van der Waals surface area (Å²) in [5.41, 5.74) is 9.98. The first kappa shape index (κ1) is 20.3. The highest BCUT2D eigenvalue weighted by Crippen LogP contribution is 2.24. The summed E-state index contributed by atoms with van der Waals surface area (Å²) in [6, 6.07) is 4.68. The van der Waals surface area contributed by atoms with E-state index in [9.17, 15) is 0 Å². The monoisotopic (exact) mass is 325 g/mol. The van der Waals surface area contributed by atoms with Gasteiger partial charge in [-0.25, -0.2) is 0 Å². The summed E-state index contributed by atoms with van der Waals surface area (Å²) < 4.78 is 0. The smallest absolute Gasteiger partial charge is 0.0113 e. The number of allylic oxidation sites excluding steroid dienone is 5. The summed E-state index contributed by atoms with van der Waals surface area (Å²) in [4.78, 5) is 0. The molecule has 0 bridgehead atoms. The summed E-state index contributed by atoms with van der Waals surface area (Å²) in [5.74, 6) is 0. The summed E-state index contributed by atoms with van der Waals surface area (Å²) in [6.07, 6.45) is 9.82. The van der Waals surface area contributed by atoms with Gasteiger partial charge in [-0.1, -0.05) is 48.8 Å². The molecule has 0 saturated heterocycles. The van der Waals surface area contributed by atoms with E-state index >= 15 is 0 Å². The van der Waals surface area contributed by atoms with E-state index in [1.54, 1.807) is 0 Å². The molecule has 1 heteroatoms. The molecule has 0 aliphatic carbocycles. The highest BCUT2D eigenvalue weighted by atomic mass is 14.8. The van der Waals surface area contributed by atoms with Crippen molar-refractivity contribution in [2.45, 2.75) is 67.7 Å². The maximum atomic E-state index is 3.29. The molecule has 132 valence electrons. The molecule has 24 heavy (non-hydrogen) atoms. The summed E-state index contributed by atoms with van der Waals surface area (Å²) in [7, 11) is 0. The first-order chi connectivity index (χ1) is 11.4. The van der Waals surface area contributed by atoms with Crippen molar-refractivity contribution in [1.82, 2.24) is 5.32 Å². The zero-order valence-electron chi connectivity index (χ0n) is 16.7. The van der Waals surface area contributed by atoms with Gasteiger partial charge < -0.3 is 5.32 Å². The molecular formula is C23H35N. The largest absolute Gasteiger partial charge is 0.391 e. The molecule has 0 unspecified atom stereocenters. The molecule has 1 nitrogen and oxygen atoms in total. The van der Waals surface area contributed by atoms with Gasteiger partial charge in [0.2, 0.25) is 0 Å². The second-order valence-corrected chi connectivity index (χ2v) is 6.77. The van der Waals surface area contributed by atoms with E-state index in [-0.39, 0.29) is 0 Å². The van der Waals surface area contributed by atoms with Crippen molar-refractivity contribution >= 4 is 0 Å². The normalized spacial score (nSPS) is 12.3. The Kier molecular flexibility index (Phi) is 8.60. The number of hydrogen-bond donors (Lipinski definition) is 1. The SMILES string of the molecule is CCN/C=C\C(C=C(C)C)=C(\CC)Cc1cc(C)cc(C)c1CC. The van der Waals surface area contributed by atoms with Crippen LogP contribution in [0.1, 0.15) is 63.3 Å². The quantitative estimate of drug-likeness (QED) is 0.561. The molecule has 0 fully saturated rings. The van der Waals surface area contributed by atoms with Crippen LogP contribution in [-0.4, -0.2) is 6.54 Å². The molecule has 0 aliphatic heterocycles. The van der Waals surface area contributed by atoms with E-state index in [4.69, 9.17) is 0 Å². The van der Waals surface area contributed by atoms with Crippen molar-refractivity contribution < 1.29 is 0 Å². The molecule has 0 aliphatic rings. The summed E-state index contributed by atoms with van der Waals surface area (Å²) in [5, 5.41) is 3.29. The zero-order valence-corrected chi connectivity index (χ0v) is 16.7. The van der Waals surface area contributed by atoms with Crippen molar-refractivity contribution in [2.75, 3.05) is 6.54 Å². The van der Waals surface area contributed by atoms with E-state index in [0.29, 0.717) is 0 Å². The van der Waals surface area contributed by atoms with Gasteiger partial charge in [-0.2, -0.15) is 0 Å². The molecule has 1 rings (SSSR count). The van der Waals surface area contributed by atoms with E-state index in [0.717, 1.165) is 25.8 Å². The van der Waals surface area contributed by atoms with Gasteiger partial charge in [-0.3, -0.25) is 0 Å². The molecular weight excluding hydrogens is 290 g/mol. The lowest BCUT2D eigenvalue weighted by Crippen LogP contribution is -2.03. The Morgan fingerprint density at radius 3 is 2.33 bits per heavy atom. The van der Waals surface area contributed by atoms with Gasteiger partial charge in [0.05, 0.1) is 0 Å². The molecule has 0 saturated carbocycles. The molecule has 0 aromatic heterocycles. The minimum absolute atomic E-state index is 0.955. The van der Waals surface area contributed by atoms with Crippen LogP contribution in [0.5, 0.6) is 0 Å². The van der Waals surface area contributed by atoms with Crippen molar-refractivity contribution in [3.05, 3.63) is 69.5 Å². The second kappa shape index (κ2) is 10.2. The lowest BCUT2D eigenvalue weighted by Gasteiger charge is -2.16. The highest BCUT2D eigenvalue weighted by molar-refractivity contribution is 5.44. The van der Waals surface area contributed by atoms with Crippen molar-refractivity contribution in [1.29, 1.82) is 0 Å². The van der Waals surface area contributed by atoms with Crippen LogP contribution in [0.3, 0.4) is 0 Å². The predicted octanol–water partition coefficient (Wildman–Crippen LogP) is 6.20. The molecule has 1 aromatic rings. The Labute approximate surface area is 149 Å². The Bertz CT molecular complexity index is 626. The van der Waals surface area contributed by atoms with Gasteiger partial charge in [-0.15, -0.1) is 0 Å².